The van der Waals surface area contributed by atoms with Crippen LogP contribution >= 0.6 is 0 Å². The topological polar surface area (TPSA) is 62.1 Å². The standard InChI is InChI=1S/C35H29N3O2/c1-4-38(5-2)24-18-19-25-21(3)31(35(39)40-30(25)20-24)22-14-16-23(17-15-22)34-36-32-28-12-8-6-10-26(28)27-11-7-9-13-29(27)33(32)37-34/h6-20H,4-5H2,1-3H3,(H,36,37). The summed E-state index contributed by atoms with van der Waals surface area (Å²) in [6.07, 6.45) is 0. The van der Waals surface area contributed by atoms with E-state index in [-0.39, 0.29) is 5.63 Å². The molecule has 0 amide bonds. The number of nitrogens with one attached hydrogen (secondary N) is 1. The van der Waals surface area contributed by atoms with Gasteiger partial charge in [0.2, 0.25) is 0 Å². The molecule has 5 nitrogen and oxygen atoms in total. The summed E-state index contributed by atoms with van der Waals surface area (Å²) in [5, 5.41) is 5.63. The molecule has 0 aliphatic heterocycles. The van der Waals surface area contributed by atoms with Crippen LogP contribution in [0.4, 0.5) is 5.69 Å². The fourth-order valence-electron chi connectivity index (χ4n) is 6.02. The molecular formula is C35H29N3O2. The molecule has 0 fully saturated rings. The van der Waals surface area contributed by atoms with Crippen LogP contribution in [0.3, 0.4) is 0 Å². The number of aromatic amines is 1. The number of benzene rings is 5. The van der Waals surface area contributed by atoms with Crippen molar-refractivity contribution in [2.24, 2.45) is 0 Å². The molecule has 7 aromatic rings. The van der Waals surface area contributed by atoms with E-state index in [1.54, 1.807) is 0 Å². The second kappa shape index (κ2) is 9.38. The summed E-state index contributed by atoms with van der Waals surface area (Å²) in [7, 11) is 0. The summed E-state index contributed by atoms with van der Waals surface area (Å²) in [5.41, 5.74) is 6.65. The van der Waals surface area contributed by atoms with E-state index < -0.39 is 0 Å². The average Bonchev–Trinajstić information content (AvgIpc) is 3.44. The lowest BCUT2D eigenvalue weighted by Crippen LogP contribution is -2.21. The highest BCUT2D eigenvalue weighted by Crippen LogP contribution is 2.36. The normalized spacial score (nSPS) is 11.7. The first kappa shape index (κ1) is 24.2. The van der Waals surface area contributed by atoms with Gasteiger partial charge >= 0.3 is 5.63 Å². The van der Waals surface area contributed by atoms with Crippen LogP contribution in [0.15, 0.2) is 100 Å². The average molecular weight is 524 g/mol. The Bertz CT molecular complexity index is 2040. The van der Waals surface area contributed by atoms with Gasteiger partial charge in [0.05, 0.1) is 16.6 Å². The minimum absolute atomic E-state index is 0.323. The van der Waals surface area contributed by atoms with Crippen molar-refractivity contribution in [1.29, 1.82) is 0 Å². The molecule has 1 N–H and O–H groups in total. The molecular weight excluding hydrogens is 494 g/mol. The van der Waals surface area contributed by atoms with Crippen molar-refractivity contribution < 1.29 is 4.42 Å². The molecule has 5 aromatic carbocycles. The molecule has 40 heavy (non-hydrogen) atoms. The monoisotopic (exact) mass is 523 g/mol. The molecule has 0 aliphatic carbocycles. The minimum Gasteiger partial charge on any atom is -0.422 e. The van der Waals surface area contributed by atoms with Gasteiger partial charge in [-0.1, -0.05) is 72.8 Å². The molecule has 0 unspecified atom stereocenters. The number of nitrogens with zero attached hydrogens (tertiary/aromatic N) is 2. The fourth-order valence-corrected chi connectivity index (χ4v) is 6.02. The second-order valence-electron chi connectivity index (χ2n) is 10.2. The molecule has 2 aromatic heterocycles. The molecule has 0 spiro atoms. The van der Waals surface area contributed by atoms with Crippen LogP contribution in [-0.4, -0.2) is 23.1 Å². The van der Waals surface area contributed by atoms with Gasteiger partial charge in [0.25, 0.3) is 0 Å². The van der Waals surface area contributed by atoms with E-state index in [1.807, 2.05) is 37.3 Å². The summed E-state index contributed by atoms with van der Waals surface area (Å²) >= 11 is 0. The van der Waals surface area contributed by atoms with Gasteiger partial charge in [-0.15, -0.1) is 0 Å². The molecule has 0 radical (unpaired) electrons. The Kier molecular flexibility index (Phi) is 5.67. The maximum atomic E-state index is 13.2. The van der Waals surface area contributed by atoms with Crippen LogP contribution in [0.25, 0.3) is 66.1 Å². The van der Waals surface area contributed by atoms with Gasteiger partial charge in [-0.3, -0.25) is 0 Å². The van der Waals surface area contributed by atoms with Crippen molar-refractivity contribution in [3.05, 3.63) is 107 Å². The van der Waals surface area contributed by atoms with E-state index in [1.165, 1.54) is 10.8 Å². The van der Waals surface area contributed by atoms with Crippen molar-refractivity contribution in [1.82, 2.24) is 9.97 Å². The highest BCUT2D eigenvalue weighted by Gasteiger charge is 2.17. The van der Waals surface area contributed by atoms with Crippen molar-refractivity contribution in [2.45, 2.75) is 20.8 Å². The van der Waals surface area contributed by atoms with Crippen molar-refractivity contribution in [2.75, 3.05) is 18.0 Å². The number of hydrogen-bond donors (Lipinski definition) is 1. The molecule has 0 atom stereocenters. The summed E-state index contributed by atoms with van der Waals surface area (Å²) in [6, 6.07) is 31.0. The number of imidazole rings is 1. The van der Waals surface area contributed by atoms with Gasteiger partial charge in [-0.05, 0) is 54.8 Å². The van der Waals surface area contributed by atoms with Crippen LogP contribution < -0.4 is 10.5 Å². The zero-order valence-electron chi connectivity index (χ0n) is 22.8. The van der Waals surface area contributed by atoms with E-state index in [2.05, 4.69) is 84.4 Å². The first-order valence-corrected chi connectivity index (χ1v) is 13.8. The predicted molar refractivity (Wildman–Crippen MR) is 166 cm³/mol. The van der Waals surface area contributed by atoms with Gasteiger partial charge in [0.1, 0.15) is 11.4 Å². The Morgan fingerprint density at radius 1 is 0.750 bits per heavy atom. The number of anilines is 1. The molecule has 196 valence electrons. The SMILES string of the molecule is CCN(CC)c1ccc2c(C)c(-c3ccc(-c4nc5c6ccccc6c6ccccc6c5[nH]4)cc3)c(=O)oc2c1. The third-order valence-electron chi connectivity index (χ3n) is 8.10. The molecule has 0 aliphatic rings. The maximum absolute atomic E-state index is 13.2. The smallest absolute Gasteiger partial charge is 0.344 e. The zero-order valence-corrected chi connectivity index (χ0v) is 22.8. The van der Waals surface area contributed by atoms with Crippen molar-refractivity contribution in [3.63, 3.8) is 0 Å². The van der Waals surface area contributed by atoms with Gasteiger partial charge < -0.3 is 14.3 Å². The summed E-state index contributed by atoms with van der Waals surface area (Å²) < 4.78 is 5.84. The quantitative estimate of drug-likeness (QED) is 0.182. The van der Waals surface area contributed by atoms with E-state index in [4.69, 9.17) is 9.40 Å². The molecule has 0 saturated carbocycles. The molecule has 0 saturated heterocycles. The van der Waals surface area contributed by atoms with Crippen LogP contribution in [-0.2, 0) is 0 Å². The Labute approximate surface area is 231 Å². The lowest BCUT2D eigenvalue weighted by Gasteiger charge is -2.21. The number of aromatic nitrogens is 2. The number of H-pyrrole nitrogens is 1. The lowest BCUT2D eigenvalue weighted by molar-refractivity contribution is 0.562. The van der Waals surface area contributed by atoms with Crippen LogP contribution in [0, 0.1) is 6.92 Å². The minimum atomic E-state index is -0.323. The number of fused-ring (bicyclic) bond motifs is 7. The van der Waals surface area contributed by atoms with E-state index in [9.17, 15) is 4.79 Å². The summed E-state index contributed by atoms with van der Waals surface area (Å²) in [5.74, 6) is 0.800. The number of rotatable bonds is 5. The first-order valence-electron chi connectivity index (χ1n) is 13.8. The largest absolute Gasteiger partial charge is 0.422 e. The Morgan fingerprint density at radius 2 is 1.38 bits per heavy atom. The Hall–Kier alpha value is -4.90. The van der Waals surface area contributed by atoms with E-state index >= 15 is 0 Å². The number of hydrogen-bond acceptors (Lipinski definition) is 4. The van der Waals surface area contributed by atoms with Crippen molar-refractivity contribution >= 4 is 49.2 Å². The highest BCUT2D eigenvalue weighted by atomic mass is 16.4. The molecule has 5 heteroatoms. The van der Waals surface area contributed by atoms with Gasteiger partial charge in [-0.25, -0.2) is 9.78 Å². The highest BCUT2D eigenvalue weighted by molar-refractivity contribution is 6.23. The van der Waals surface area contributed by atoms with Gasteiger partial charge in [-0.2, -0.15) is 0 Å². The summed E-state index contributed by atoms with van der Waals surface area (Å²) in [6.45, 7) is 8.03. The van der Waals surface area contributed by atoms with E-state index in [0.29, 0.717) is 11.1 Å². The van der Waals surface area contributed by atoms with Crippen LogP contribution in [0.2, 0.25) is 0 Å². The van der Waals surface area contributed by atoms with Crippen molar-refractivity contribution in [3.8, 4) is 22.5 Å². The van der Waals surface area contributed by atoms with Crippen LogP contribution in [0.1, 0.15) is 19.4 Å². The Balaban J connectivity index is 1.32. The van der Waals surface area contributed by atoms with Gasteiger partial charge in [0.15, 0.2) is 0 Å². The lowest BCUT2D eigenvalue weighted by atomic mass is 9.98. The number of aryl methyl sites for hydroxylation is 1. The zero-order chi connectivity index (χ0) is 27.4. The fraction of sp³-hybridized carbons (Fsp3) is 0.143. The second-order valence-corrected chi connectivity index (χ2v) is 10.2. The molecule has 2 heterocycles. The summed E-state index contributed by atoms with van der Waals surface area (Å²) in [4.78, 5) is 24.1. The maximum Gasteiger partial charge on any atom is 0.344 e. The van der Waals surface area contributed by atoms with Gasteiger partial charge in [0, 0.05) is 46.6 Å². The first-order chi connectivity index (χ1) is 19.6. The Morgan fingerprint density at radius 3 is 2.08 bits per heavy atom. The van der Waals surface area contributed by atoms with E-state index in [0.717, 1.165) is 68.5 Å². The molecule has 7 rings (SSSR count). The predicted octanol–water partition coefficient (Wildman–Crippen LogP) is 8.46. The van der Waals surface area contributed by atoms with Crippen LogP contribution in [0.5, 0.6) is 0 Å². The third-order valence-corrected chi connectivity index (χ3v) is 8.10. The third kappa shape index (κ3) is 3.69. The molecule has 0 bridgehead atoms.